The Kier molecular flexibility index (Phi) is 3.54. The first-order valence-electron chi connectivity index (χ1n) is 5.44. The van der Waals surface area contributed by atoms with Gasteiger partial charge in [0.25, 0.3) is 0 Å². The summed E-state index contributed by atoms with van der Waals surface area (Å²) in [6.45, 7) is 4.21. The van der Waals surface area contributed by atoms with Crippen LogP contribution in [0.2, 0.25) is 0 Å². The molecule has 17 heavy (non-hydrogen) atoms. The molecule has 0 aliphatic rings. The molecule has 2 aromatic rings. The van der Waals surface area contributed by atoms with E-state index in [1.54, 1.807) is 0 Å². The van der Waals surface area contributed by atoms with E-state index in [0.29, 0.717) is 10.8 Å². The SMILES string of the molecule is CC(C)Cc1c(C(=O)O)sc2c(Br)cccc12. The Hall–Kier alpha value is -0.870. The molecule has 0 unspecified atom stereocenters. The minimum Gasteiger partial charge on any atom is -0.477 e. The molecule has 0 spiro atoms. The van der Waals surface area contributed by atoms with E-state index in [0.717, 1.165) is 26.5 Å². The van der Waals surface area contributed by atoms with E-state index in [4.69, 9.17) is 0 Å². The maximum atomic E-state index is 11.3. The summed E-state index contributed by atoms with van der Waals surface area (Å²) in [5.41, 5.74) is 0.966. The highest BCUT2D eigenvalue weighted by Gasteiger charge is 2.19. The normalized spacial score (nSPS) is 11.3. The molecular weight excluding hydrogens is 300 g/mol. The number of hydrogen-bond donors (Lipinski definition) is 1. The Balaban J connectivity index is 2.71. The van der Waals surface area contributed by atoms with Crippen LogP contribution in [0.4, 0.5) is 0 Å². The maximum Gasteiger partial charge on any atom is 0.346 e. The third kappa shape index (κ3) is 2.38. The monoisotopic (exact) mass is 312 g/mol. The lowest BCUT2D eigenvalue weighted by molar-refractivity contribution is 0.0701. The maximum absolute atomic E-state index is 11.3. The molecule has 0 aliphatic heterocycles. The Morgan fingerprint density at radius 3 is 2.76 bits per heavy atom. The number of aromatic carboxylic acids is 1. The number of halogens is 1. The molecule has 1 heterocycles. The van der Waals surface area contributed by atoms with Crippen LogP contribution in [0.15, 0.2) is 22.7 Å². The van der Waals surface area contributed by atoms with Crippen LogP contribution in [0.3, 0.4) is 0 Å². The number of thiophene rings is 1. The highest BCUT2D eigenvalue weighted by molar-refractivity contribution is 9.10. The summed E-state index contributed by atoms with van der Waals surface area (Å²) < 4.78 is 2.00. The van der Waals surface area contributed by atoms with Gasteiger partial charge in [0.2, 0.25) is 0 Å². The van der Waals surface area contributed by atoms with Crippen molar-refractivity contribution in [2.24, 2.45) is 5.92 Å². The number of carboxylic acids is 1. The van der Waals surface area contributed by atoms with Crippen molar-refractivity contribution in [3.05, 3.63) is 33.1 Å². The summed E-state index contributed by atoms with van der Waals surface area (Å²) in [5.74, 6) is -0.376. The fourth-order valence-electron chi connectivity index (χ4n) is 1.92. The van der Waals surface area contributed by atoms with Gasteiger partial charge in [0.1, 0.15) is 4.88 Å². The van der Waals surface area contributed by atoms with E-state index in [1.165, 1.54) is 11.3 Å². The van der Waals surface area contributed by atoms with Crippen LogP contribution in [0.1, 0.15) is 29.1 Å². The first-order valence-corrected chi connectivity index (χ1v) is 7.04. The second-order valence-corrected chi connectivity index (χ2v) is 6.30. The van der Waals surface area contributed by atoms with Gasteiger partial charge in [-0.3, -0.25) is 0 Å². The fraction of sp³-hybridized carbons (Fsp3) is 0.308. The van der Waals surface area contributed by atoms with Gasteiger partial charge in [-0.2, -0.15) is 0 Å². The molecular formula is C13H13BrO2S. The fourth-order valence-corrected chi connectivity index (χ4v) is 3.60. The van der Waals surface area contributed by atoms with E-state index >= 15 is 0 Å². The zero-order valence-corrected chi connectivity index (χ0v) is 12.1. The Morgan fingerprint density at radius 2 is 2.18 bits per heavy atom. The standard InChI is InChI=1S/C13H13BrO2S/c1-7(2)6-9-8-4-3-5-10(14)11(8)17-12(9)13(15)16/h3-5,7H,6H2,1-2H3,(H,15,16). The number of rotatable bonds is 3. The van der Waals surface area contributed by atoms with Gasteiger partial charge in [-0.05, 0) is 45.3 Å². The van der Waals surface area contributed by atoms with E-state index in [9.17, 15) is 9.90 Å². The minimum atomic E-state index is -0.825. The molecule has 2 rings (SSSR count). The average Bonchev–Trinajstić information content (AvgIpc) is 2.58. The van der Waals surface area contributed by atoms with E-state index < -0.39 is 5.97 Å². The predicted octanol–water partition coefficient (Wildman–Crippen LogP) is 4.56. The Labute approximate surface area is 112 Å². The molecule has 1 aromatic carbocycles. The van der Waals surface area contributed by atoms with E-state index in [-0.39, 0.29) is 0 Å². The molecule has 90 valence electrons. The highest BCUT2D eigenvalue weighted by Crippen LogP contribution is 2.37. The number of carbonyl (C=O) groups is 1. The van der Waals surface area contributed by atoms with Crippen molar-refractivity contribution in [3.63, 3.8) is 0 Å². The van der Waals surface area contributed by atoms with Gasteiger partial charge in [0, 0.05) is 9.17 Å². The lowest BCUT2D eigenvalue weighted by Gasteiger charge is -2.05. The minimum absolute atomic E-state index is 0.449. The highest BCUT2D eigenvalue weighted by atomic mass is 79.9. The van der Waals surface area contributed by atoms with Crippen molar-refractivity contribution in [1.82, 2.24) is 0 Å². The summed E-state index contributed by atoms with van der Waals surface area (Å²) in [5, 5.41) is 10.3. The zero-order chi connectivity index (χ0) is 12.6. The molecule has 1 N–H and O–H groups in total. The van der Waals surface area contributed by atoms with Crippen LogP contribution in [0.25, 0.3) is 10.1 Å². The molecule has 0 aliphatic carbocycles. The molecule has 4 heteroatoms. The molecule has 0 bridgehead atoms. The Bertz CT molecular complexity index is 572. The molecule has 0 fully saturated rings. The van der Waals surface area contributed by atoms with Crippen LogP contribution in [0.5, 0.6) is 0 Å². The second-order valence-electron chi connectivity index (χ2n) is 4.43. The third-order valence-electron chi connectivity index (χ3n) is 2.58. The summed E-state index contributed by atoms with van der Waals surface area (Å²) in [4.78, 5) is 11.8. The van der Waals surface area contributed by atoms with Crippen molar-refractivity contribution in [3.8, 4) is 0 Å². The van der Waals surface area contributed by atoms with Gasteiger partial charge < -0.3 is 5.11 Å². The molecule has 1 aromatic heterocycles. The summed E-state index contributed by atoms with van der Waals surface area (Å²) in [6, 6.07) is 5.90. The molecule has 0 radical (unpaired) electrons. The molecule has 0 saturated carbocycles. The average molecular weight is 313 g/mol. The van der Waals surface area contributed by atoms with E-state index in [1.807, 2.05) is 18.2 Å². The van der Waals surface area contributed by atoms with Crippen molar-refractivity contribution in [1.29, 1.82) is 0 Å². The van der Waals surface area contributed by atoms with Crippen molar-refractivity contribution >= 4 is 43.3 Å². The van der Waals surface area contributed by atoms with Crippen molar-refractivity contribution in [2.45, 2.75) is 20.3 Å². The number of benzene rings is 1. The number of carboxylic acid groups (broad SMARTS) is 1. The first-order chi connectivity index (χ1) is 8.00. The summed E-state index contributed by atoms with van der Waals surface area (Å²) >= 11 is 4.83. The topological polar surface area (TPSA) is 37.3 Å². The largest absolute Gasteiger partial charge is 0.477 e. The van der Waals surface area contributed by atoms with E-state index in [2.05, 4.69) is 29.8 Å². The zero-order valence-electron chi connectivity index (χ0n) is 9.66. The third-order valence-corrected chi connectivity index (χ3v) is 4.77. The molecule has 2 nitrogen and oxygen atoms in total. The van der Waals surface area contributed by atoms with Crippen LogP contribution in [-0.4, -0.2) is 11.1 Å². The van der Waals surface area contributed by atoms with Gasteiger partial charge in [-0.1, -0.05) is 26.0 Å². The quantitative estimate of drug-likeness (QED) is 0.902. The van der Waals surface area contributed by atoms with Crippen molar-refractivity contribution in [2.75, 3.05) is 0 Å². The van der Waals surface area contributed by atoms with Gasteiger partial charge in [-0.15, -0.1) is 11.3 Å². The smallest absolute Gasteiger partial charge is 0.346 e. The van der Waals surface area contributed by atoms with Crippen LogP contribution in [0, 0.1) is 5.92 Å². The van der Waals surface area contributed by atoms with Crippen molar-refractivity contribution < 1.29 is 9.90 Å². The predicted molar refractivity (Wildman–Crippen MR) is 75.0 cm³/mol. The first kappa shape index (κ1) is 12.6. The Morgan fingerprint density at radius 1 is 1.47 bits per heavy atom. The molecule has 0 atom stereocenters. The van der Waals surface area contributed by atoms with Crippen LogP contribution >= 0.6 is 27.3 Å². The lowest BCUT2D eigenvalue weighted by Crippen LogP contribution is -2.01. The van der Waals surface area contributed by atoms with Gasteiger partial charge in [0.15, 0.2) is 0 Å². The number of hydrogen-bond acceptors (Lipinski definition) is 2. The molecule has 0 saturated heterocycles. The summed E-state index contributed by atoms with van der Waals surface area (Å²) in [7, 11) is 0. The lowest BCUT2D eigenvalue weighted by atomic mass is 10.00. The summed E-state index contributed by atoms with van der Waals surface area (Å²) in [6.07, 6.45) is 0.804. The van der Waals surface area contributed by atoms with Gasteiger partial charge in [-0.25, -0.2) is 4.79 Å². The molecule has 0 amide bonds. The van der Waals surface area contributed by atoms with Gasteiger partial charge in [0.05, 0.1) is 0 Å². The number of fused-ring (bicyclic) bond motifs is 1. The second kappa shape index (κ2) is 4.78. The van der Waals surface area contributed by atoms with Crippen LogP contribution < -0.4 is 0 Å². The van der Waals surface area contributed by atoms with Crippen LogP contribution in [-0.2, 0) is 6.42 Å². The van der Waals surface area contributed by atoms with Gasteiger partial charge >= 0.3 is 5.97 Å².